The molecule has 0 aromatic carbocycles. The number of carboxylic acid groups (broad SMARTS) is 2. The second kappa shape index (κ2) is 13.8. The number of rotatable bonds is 9. The van der Waals surface area contributed by atoms with Crippen molar-refractivity contribution in [1.82, 2.24) is 10.6 Å². The fraction of sp³-hybridized carbons (Fsp3) is 0.583. The van der Waals surface area contributed by atoms with Crippen LogP contribution >= 0.6 is 0 Å². The Balaban J connectivity index is 0. The zero-order chi connectivity index (χ0) is 19.1. The molecule has 12 nitrogen and oxygen atoms in total. The molecule has 2 amide bonds. The van der Waals surface area contributed by atoms with Gasteiger partial charge in [-0.1, -0.05) is 0 Å². The summed E-state index contributed by atoms with van der Waals surface area (Å²) in [6.45, 7) is 0.585. The average Bonchev–Trinajstić information content (AvgIpc) is 2.46. The number of hydrogen-bond donors (Lipinski definition) is 7. The predicted molar refractivity (Wildman–Crippen MR) is 84.9 cm³/mol. The molecule has 138 valence electrons. The number of hydrogen-bond acceptors (Lipinski definition) is 6. The van der Waals surface area contributed by atoms with Gasteiger partial charge in [0.1, 0.15) is 12.6 Å². The van der Waals surface area contributed by atoms with Crippen LogP contribution in [0.3, 0.4) is 0 Å². The van der Waals surface area contributed by atoms with E-state index in [1.54, 1.807) is 0 Å². The third kappa shape index (κ3) is 17.2. The third-order valence-electron chi connectivity index (χ3n) is 2.20. The summed E-state index contributed by atoms with van der Waals surface area (Å²) in [7, 11) is 0. The minimum absolute atomic E-state index is 0.0668. The molecule has 12 heteroatoms. The Morgan fingerprint density at radius 3 is 2.12 bits per heavy atom. The summed E-state index contributed by atoms with van der Waals surface area (Å²) in [6.07, 6.45) is 0.696. The van der Waals surface area contributed by atoms with Gasteiger partial charge < -0.3 is 38.0 Å². The molecule has 0 aliphatic heterocycles. The minimum atomic E-state index is -1.18. The summed E-state index contributed by atoms with van der Waals surface area (Å²) < 4.78 is 0. The second-order valence-corrected chi connectivity index (χ2v) is 4.40. The highest BCUT2D eigenvalue weighted by molar-refractivity contribution is 5.89. The normalized spacial score (nSPS) is 10.4. The Labute approximate surface area is 138 Å². The molecule has 0 heterocycles. The van der Waals surface area contributed by atoms with Crippen LogP contribution in [0.4, 0.5) is 0 Å². The van der Waals surface area contributed by atoms with Crippen LogP contribution in [0.5, 0.6) is 0 Å². The molecule has 0 bridgehead atoms. The fourth-order valence-corrected chi connectivity index (χ4v) is 1.31. The van der Waals surface area contributed by atoms with E-state index in [0.29, 0.717) is 13.0 Å². The molecule has 24 heavy (non-hydrogen) atoms. The molecule has 0 fully saturated rings. The van der Waals surface area contributed by atoms with E-state index in [1.807, 2.05) is 0 Å². The topological polar surface area (TPSA) is 223 Å². The molecule has 0 saturated carbocycles. The third-order valence-corrected chi connectivity index (χ3v) is 2.20. The van der Waals surface area contributed by atoms with Crippen molar-refractivity contribution in [1.29, 1.82) is 0 Å². The smallest absolute Gasteiger partial charge is 0.322 e. The Morgan fingerprint density at radius 1 is 1.17 bits per heavy atom. The van der Waals surface area contributed by atoms with E-state index in [2.05, 4.69) is 15.6 Å². The van der Waals surface area contributed by atoms with Gasteiger partial charge in [-0.15, -0.1) is 0 Å². The summed E-state index contributed by atoms with van der Waals surface area (Å²) in [5, 5.41) is 20.5. The molecule has 10 N–H and O–H groups in total. The van der Waals surface area contributed by atoms with E-state index in [-0.39, 0.29) is 18.9 Å². The number of guanidine groups is 1. The number of carbonyl (C=O) groups is 4. The van der Waals surface area contributed by atoms with E-state index in [1.165, 1.54) is 0 Å². The number of amides is 2. The van der Waals surface area contributed by atoms with Crippen LogP contribution in [-0.4, -0.2) is 65.6 Å². The lowest BCUT2D eigenvalue weighted by atomic mass is 10.1. The minimum Gasteiger partial charge on any atom is -0.481 e. The first-order chi connectivity index (χ1) is 11.1. The van der Waals surface area contributed by atoms with Crippen molar-refractivity contribution in [3.05, 3.63) is 0 Å². The summed E-state index contributed by atoms with van der Waals surface area (Å²) in [5.41, 5.74) is 15.4. The summed E-state index contributed by atoms with van der Waals surface area (Å²) in [4.78, 5) is 46.0. The van der Waals surface area contributed by atoms with E-state index < -0.39 is 36.3 Å². The first-order valence-corrected chi connectivity index (χ1v) is 6.84. The highest BCUT2D eigenvalue weighted by atomic mass is 16.4. The largest absolute Gasteiger partial charge is 0.481 e. The fourth-order valence-electron chi connectivity index (χ4n) is 1.31. The van der Waals surface area contributed by atoms with Crippen molar-refractivity contribution < 1.29 is 29.4 Å². The number of aliphatic imine (C=N–C) groups is 1. The van der Waals surface area contributed by atoms with Crippen LogP contribution in [-0.2, 0) is 19.2 Å². The van der Waals surface area contributed by atoms with Crippen LogP contribution < -0.4 is 27.8 Å². The number of nitrogens with one attached hydrogen (secondary N) is 2. The van der Waals surface area contributed by atoms with Gasteiger partial charge in [0.05, 0.1) is 6.54 Å². The molecule has 0 radical (unpaired) electrons. The zero-order valence-electron chi connectivity index (χ0n) is 13.3. The molecular weight excluding hydrogens is 324 g/mol. The quantitative estimate of drug-likeness (QED) is 0.126. The highest BCUT2D eigenvalue weighted by Gasteiger charge is 2.20. The van der Waals surface area contributed by atoms with E-state index in [0.717, 1.165) is 6.92 Å². The van der Waals surface area contributed by atoms with Crippen molar-refractivity contribution in [2.24, 2.45) is 22.2 Å². The Bertz CT molecular complexity index is 459. The van der Waals surface area contributed by atoms with Gasteiger partial charge in [-0.2, -0.15) is 0 Å². The summed E-state index contributed by atoms with van der Waals surface area (Å²) in [6, 6.07) is -0.875. The molecule has 0 rings (SSSR count). The molecule has 0 aliphatic carbocycles. The maximum atomic E-state index is 11.7. The molecule has 0 aromatic heterocycles. The van der Waals surface area contributed by atoms with E-state index in [9.17, 15) is 14.4 Å². The molecule has 0 unspecified atom stereocenters. The van der Waals surface area contributed by atoms with Crippen LogP contribution in [0.25, 0.3) is 0 Å². The lowest BCUT2D eigenvalue weighted by Gasteiger charge is -2.17. The number of nitrogens with two attached hydrogens (primary N) is 3. The predicted octanol–water partition coefficient (Wildman–Crippen LogP) is -3.22. The standard InChI is InChI=1S/C10H20N6O4.C2H4O2/c11-4-7(17)16-6(2-1-3-14-10(12)13)9(20)15-5-8(18)19;1-2(3)4/h6H,1-5,11H2,(H,15,20)(H,16,17)(H,18,19)(H4,12,13,14);1H3,(H,3,4)/t6-;/m0./s1. The van der Waals surface area contributed by atoms with Gasteiger partial charge in [0.2, 0.25) is 11.8 Å². The van der Waals surface area contributed by atoms with Gasteiger partial charge in [0, 0.05) is 13.5 Å². The summed E-state index contributed by atoms with van der Waals surface area (Å²) in [5.74, 6) is -3.19. The van der Waals surface area contributed by atoms with Gasteiger partial charge in [-0.25, -0.2) is 0 Å². The highest BCUT2D eigenvalue weighted by Crippen LogP contribution is 1.98. The second-order valence-electron chi connectivity index (χ2n) is 4.40. The van der Waals surface area contributed by atoms with Gasteiger partial charge in [0.15, 0.2) is 5.96 Å². The number of aliphatic carboxylic acids is 2. The molecule has 0 spiro atoms. The molecule has 0 aliphatic rings. The molecule has 1 atom stereocenters. The van der Waals surface area contributed by atoms with Gasteiger partial charge in [-0.3, -0.25) is 24.2 Å². The van der Waals surface area contributed by atoms with Crippen LogP contribution in [0.15, 0.2) is 4.99 Å². The van der Waals surface area contributed by atoms with Crippen LogP contribution in [0.1, 0.15) is 19.8 Å². The Hall–Kier alpha value is -2.89. The maximum absolute atomic E-state index is 11.7. The van der Waals surface area contributed by atoms with E-state index >= 15 is 0 Å². The van der Waals surface area contributed by atoms with Crippen molar-refractivity contribution in [2.45, 2.75) is 25.8 Å². The first kappa shape index (κ1) is 23.4. The van der Waals surface area contributed by atoms with Crippen molar-refractivity contribution in [3.63, 3.8) is 0 Å². The Morgan fingerprint density at radius 2 is 1.71 bits per heavy atom. The SMILES string of the molecule is CC(=O)O.NCC(=O)N[C@@H](CCCN=C(N)N)C(=O)NCC(=O)O. The van der Waals surface area contributed by atoms with Crippen LogP contribution in [0, 0.1) is 0 Å². The van der Waals surface area contributed by atoms with Crippen molar-refractivity contribution in [3.8, 4) is 0 Å². The van der Waals surface area contributed by atoms with Crippen LogP contribution in [0.2, 0.25) is 0 Å². The average molecular weight is 348 g/mol. The van der Waals surface area contributed by atoms with E-state index in [4.69, 9.17) is 32.2 Å². The zero-order valence-corrected chi connectivity index (χ0v) is 13.3. The molecular formula is C12H24N6O6. The monoisotopic (exact) mass is 348 g/mol. The lowest BCUT2D eigenvalue weighted by molar-refractivity contribution is -0.138. The van der Waals surface area contributed by atoms with Gasteiger partial charge in [0.25, 0.3) is 5.97 Å². The lowest BCUT2D eigenvalue weighted by Crippen LogP contribution is -2.49. The number of carboxylic acids is 2. The number of carbonyl (C=O) groups excluding carboxylic acids is 2. The molecule has 0 saturated heterocycles. The summed E-state index contributed by atoms with van der Waals surface area (Å²) >= 11 is 0. The van der Waals surface area contributed by atoms with Gasteiger partial charge >= 0.3 is 5.97 Å². The molecule has 0 aromatic rings. The first-order valence-electron chi connectivity index (χ1n) is 6.84. The van der Waals surface area contributed by atoms with Crippen molar-refractivity contribution in [2.75, 3.05) is 19.6 Å². The maximum Gasteiger partial charge on any atom is 0.322 e. The Kier molecular flexibility index (Phi) is 13.4. The van der Waals surface area contributed by atoms with Gasteiger partial charge in [-0.05, 0) is 12.8 Å². The van der Waals surface area contributed by atoms with Crippen molar-refractivity contribution >= 4 is 29.7 Å². The number of nitrogens with zero attached hydrogens (tertiary/aromatic N) is 1.